The molecule has 1 aliphatic rings. The van der Waals surface area contributed by atoms with Crippen LogP contribution >= 0.6 is 0 Å². The number of ether oxygens (including phenoxy) is 2. The molecule has 0 saturated carbocycles. The topological polar surface area (TPSA) is 60.7 Å². The van der Waals surface area contributed by atoms with Crippen molar-refractivity contribution in [3.05, 3.63) is 77.7 Å². The lowest BCUT2D eigenvalue weighted by Gasteiger charge is -2.08. The van der Waals surface area contributed by atoms with Crippen LogP contribution in [-0.2, 0) is 13.0 Å². The summed E-state index contributed by atoms with van der Waals surface area (Å²) in [5.41, 5.74) is 2.52. The number of furan rings is 1. The first-order valence-electron chi connectivity index (χ1n) is 8.11. The summed E-state index contributed by atoms with van der Waals surface area (Å²) in [6, 6.07) is 16.8. The van der Waals surface area contributed by atoms with Crippen LogP contribution in [0.5, 0.6) is 11.5 Å². The second kappa shape index (κ2) is 6.73. The number of hydrogen-bond donors (Lipinski definition) is 1. The van der Waals surface area contributed by atoms with E-state index in [0.717, 1.165) is 29.2 Å². The van der Waals surface area contributed by atoms with E-state index in [2.05, 4.69) is 5.32 Å². The molecule has 4 rings (SSSR count). The van der Waals surface area contributed by atoms with Crippen LogP contribution in [0.15, 0.2) is 65.3 Å². The summed E-state index contributed by atoms with van der Waals surface area (Å²) in [6.07, 6.45) is 2.35. The zero-order valence-electron chi connectivity index (χ0n) is 13.5. The predicted molar refractivity (Wildman–Crippen MR) is 93.1 cm³/mol. The van der Waals surface area contributed by atoms with Gasteiger partial charge in [-0.15, -0.1) is 0 Å². The van der Waals surface area contributed by atoms with E-state index in [4.69, 9.17) is 13.9 Å². The molecule has 1 N–H and O–H groups in total. The Morgan fingerprint density at radius 2 is 2.00 bits per heavy atom. The second-order valence-electron chi connectivity index (χ2n) is 5.75. The van der Waals surface area contributed by atoms with Crippen LogP contribution in [0.4, 0.5) is 5.69 Å². The number of hydrogen-bond acceptors (Lipinski definition) is 4. The van der Waals surface area contributed by atoms with Gasteiger partial charge in [0.15, 0.2) is 5.76 Å². The molecule has 2 aromatic carbocycles. The van der Waals surface area contributed by atoms with E-state index in [9.17, 15) is 4.79 Å². The van der Waals surface area contributed by atoms with Crippen LogP contribution in [0.2, 0.25) is 0 Å². The van der Waals surface area contributed by atoms with Crippen molar-refractivity contribution in [2.24, 2.45) is 0 Å². The molecule has 0 atom stereocenters. The van der Waals surface area contributed by atoms with Crippen molar-refractivity contribution in [2.45, 2.75) is 13.0 Å². The number of fused-ring (bicyclic) bond motifs is 1. The highest BCUT2D eigenvalue weighted by molar-refractivity contribution is 6.03. The zero-order valence-corrected chi connectivity index (χ0v) is 13.5. The summed E-state index contributed by atoms with van der Waals surface area (Å²) in [5, 5.41) is 2.87. The third kappa shape index (κ3) is 3.35. The van der Waals surface area contributed by atoms with Crippen molar-refractivity contribution in [3.8, 4) is 11.5 Å². The number of carbonyl (C=O) groups is 1. The second-order valence-corrected chi connectivity index (χ2v) is 5.75. The van der Waals surface area contributed by atoms with E-state index in [1.807, 2.05) is 48.5 Å². The average Bonchev–Trinajstić information content (AvgIpc) is 3.29. The Morgan fingerprint density at radius 3 is 2.88 bits per heavy atom. The summed E-state index contributed by atoms with van der Waals surface area (Å²) in [6.45, 7) is 0.952. The molecule has 0 bridgehead atoms. The number of para-hydroxylation sites is 1. The van der Waals surface area contributed by atoms with Gasteiger partial charge in [0, 0.05) is 17.7 Å². The van der Waals surface area contributed by atoms with Gasteiger partial charge in [-0.25, -0.2) is 0 Å². The third-order valence-corrected chi connectivity index (χ3v) is 4.04. The lowest BCUT2D eigenvalue weighted by molar-refractivity contribution is 0.0993. The molecule has 5 nitrogen and oxygen atoms in total. The molecule has 0 radical (unpaired) electrons. The molecule has 1 amide bonds. The molecule has 25 heavy (non-hydrogen) atoms. The summed E-state index contributed by atoms with van der Waals surface area (Å²) >= 11 is 0. The Hall–Kier alpha value is -3.21. The smallest absolute Gasteiger partial charge is 0.291 e. The Labute approximate surface area is 145 Å². The van der Waals surface area contributed by atoms with Crippen LogP contribution in [0, 0.1) is 0 Å². The Morgan fingerprint density at radius 1 is 1.12 bits per heavy atom. The van der Waals surface area contributed by atoms with Crippen molar-refractivity contribution in [2.75, 3.05) is 11.9 Å². The van der Waals surface area contributed by atoms with Crippen LogP contribution in [-0.4, -0.2) is 12.5 Å². The minimum absolute atomic E-state index is 0.257. The van der Waals surface area contributed by atoms with Gasteiger partial charge in [-0.1, -0.05) is 18.2 Å². The van der Waals surface area contributed by atoms with Crippen LogP contribution in [0.3, 0.4) is 0 Å². The molecule has 2 heterocycles. The predicted octanol–water partition coefficient (Wildman–Crippen LogP) is 4.05. The number of rotatable bonds is 5. The molecular weight excluding hydrogens is 318 g/mol. The minimum atomic E-state index is -0.296. The van der Waals surface area contributed by atoms with Gasteiger partial charge in [-0.3, -0.25) is 4.79 Å². The first-order valence-corrected chi connectivity index (χ1v) is 8.11. The normalized spacial score (nSPS) is 12.3. The van der Waals surface area contributed by atoms with Gasteiger partial charge in [-0.2, -0.15) is 0 Å². The Balaban J connectivity index is 1.45. The highest BCUT2D eigenvalue weighted by Gasteiger charge is 2.18. The Bertz CT molecular complexity index is 886. The van der Waals surface area contributed by atoms with Crippen molar-refractivity contribution < 1.29 is 18.7 Å². The van der Waals surface area contributed by atoms with Crippen molar-refractivity contribution >= 4 is 11.6 Å². The molecule has 1 aromatic heterocycles. The largest absolute Gasteiger partial charge is 0.493 e. The van der Waals surface area contributed by atoms with Crippen molar-refractivity contribution in [1.82, 2.24) is 0 Å². The van der Waals surface area contributed by atoms with Gasteiger partial charge in [0.1, 0.15) is 18.1 Å². The van der Waals surface area contributed by atoms with E-state index < -0.39 is 0 Å². The minimum Gasteiger partial charge on any atom is -0.493 e. The molecule has 3 aromatic rings. The fourth-order valence-electron chi connectivity index (χ4n) is 2.78. The number of anilines is 1. The molecular formula is C20H17NO4. The standard InChI is InChI=1S/C20H17NO4/c22-20(21-16-6-7-18-14(12-16)8-10-23-18)19-15(9-11-24-19)13-25-17-4-2-1-3-5-17/h1-7,9,11-12H,8,10,13H2,(H,21,22). The summed E-state index contributed by atoms with van der Waals surface area (Å²) in [4.78, 5) is 12.5. The number of benzene rings is 2. The molecule has 0 spiro atoms. The highest BCUT2D eigenvalue weighted by atomic mass is 16.5. The van der Waals surface area contributed by atoms with Gasteiger partial charge in [0.05, 0.1) is 12.9 Å². The van der Waals surface area contributed by atoms with E-state index in [1.165, 1.54) is 6.26 Å². The maximum atomic E-state index is 12.5. The van der Waals surface area contributed by atoms with Gasteiger partial charge < -0.3 is 19.2 Å². The fourth-order valence-corrected chi connectivity index (χ4v) is 2.78. The highest BCUT2D eigenvalue weighted by Crippen LogP contribution is 2.28. The van der Waals surface area contributed by atoms with Gasteiger partial charge in [0.25, 0.3) is 5.91 Å². The SMILES string of the molecule is O=C(Nc1ccc2c(c1)CCO2)c1occc1COc1ccccc1. The van der Waals surface area contributed by atoms with Gasteiger partial charge in [-0.05, 0) is 42.0 Å². The summed E-state index contributed by atoms with van der Waals surface area (Å²) in [7, 11) is 0. The van der Waals surface area contributed by atoms with E-state index in [0.29, 0.717) is 12.2 Å². The summed E-state index contributed by atoms with van der Waals surface area (Å²) < 4.78 is 16.5. The van der Waals surface area contributed by atoms with Crippen LogP contribution in [0.1, 0.15) is 21.7 Å². The van der Waals surface area contributed by atoms with Crippen molar-refractivity contribution in [3.63, 3.8) is 0 Å². The van der Waals surface area contributed by atoms with Gasteiger partial charge in [0.2, 0.25) is 0 Å². The molecule has 5 heteroatoms. The van der Waals surface area contributed by atoms with E-state index >= 15 is 0 Å². The monoisotopic (exact) mass is 335 g/mol. The fraction of sp³-hybridized carbons (Fsp3) is 0.150. The van der Waals surface area contributed by atoms with Crippen LogP contribution < -0.4 is 14.8 Å². The lowest BCUT2D eigenvalue weighted by Crippen LogP contribution is -2.13. The average molecular weight is 335 g/mol. The van der Waals surface area contributed by atoms with Crippen molar-refractivity contribution in [1.29, 1.82) is 0 Å². The number of amides is 1. The molecule has 0 aliphatic carbocycles. The first kappa shape index (κ1) is 15.3. The maximum absolute atomic E-state index is 12.5. The first-order chi connectivity index (χ1) is 12.3. The quantitative estimate of drug-likeness (QED) is 0.764. The molecule has 1 aliphatic heterocycles. The number of nitrogens with one attached hydrogen (secondary N) is 1. The molecule has 0 fully saturated rings. The Kier molecular flexibility index (Phi) is 4.12. The molecule has 126 valence electrons. The maximum Gasteiger partial charge on any atom is 0.291 e. The molecule has 0 saturated heterocycles. The third-order valence-electron chi connectivity index (χ3n) is 4.04. The number of carbonyl (C=O) groups excluding carboxylic acids is 1. The summed E-state index contributed by atoms with van der Waals surface area (Å²) in [5.74, 6) is 1.59. The molecule has 0 unspecified atom stereocenters. The van der Waals surface area contributed by atoms with Gasteiger partial charge >= 0.3 is 0 Å². The van der Waals surface area contributed by atoms with E-state index in [-0.39, 0.29) is 18.3 Å². The lowest BCUT2D eigenvalue weighted by atomic mass is 10.1. The van der Waals surface area contributed by atoms with E-state index in [1.54, 1.807) is 6.07 Å². The zero-order chi connectivity index (χ0) is 17.1. The van der Waals surface area contributed by atoms with Crippen LogP contribution in [0.25, 0.3) is 0 Å².